The molecular weight excluding hydrogens is 227 g/mol. The van der Waals surface area contributed by atoms with E-state index in [2.05, 4.69) is 32.7 Å². The van der Waals surface area contributed by atoms with Crippen molar-refractivity contribution < 1.29 is 4.39 Å². The Bertz CT molecular complexity index is 367. The molecule has 1 aromatic carbocycles. The summed E-state index contributed by atoms with van der Waals surface area (Å²) in [4.78, 5) is 2.25. The standard InChI is InChI=1S/C15H25FN2/c1-5-11(3)18(4)15(14(17)6-2)12-8-7-9-13(16)10-12/h7-11,14-15H,5-6,17H2,1-4H3. The van der Waals surface area contributed by atoms with Crippen LogP contribution in [-0.2, 0) is 0 Å². The van der Waals surface area contributed by atoms with E-state index < -0.39 is 0 Å². The van der Waals surface area contributed by atoms with E-state index in [1.165, 1.54) is 6.07 Å². The van der Waals surface area contributed by atoms with Crippen LogP contribution in [0.15, 0.2) is 24.3 Å². The highest BCUT2D eigenvalue weighted by Gasteiger charge is 2.25. The molecule has 0 spiro atoms. The second-order valence-corrected chi connectivity index (χ2v) is 4.99. The lowest BCUT2D eigenvalue weighted by atomic mass is 9.95. The molecule has 0 bridgehead atoms. The molecule has 102 valence electrons. The molecule has 0 saturated heterocycles. The Morgan fingerprint density at radius 3 is 2.44 bits per heavy atom. The van der Waals surface area contributed by atoms with Crippen LogP contribution in [-0.4, -0.2) is 24.0 Å². The van der Waals surface area contributed by atoms with Crippen LogP contribution in [0.5, 0.6) is 0 Å². The van der Waals surface area contributed by atoms with Crippen LogP contribution in [0.1, 0.15) is 45.2 Å². The van der Waals surface area contributed by atoms with Crippen LogP contribution in [0, 0.1) is 5.82 Å². The van der Waals surface area contributed by atoms with E-state index in [1.54, 1.807) is 12.1 Å². The highest BCUT2D eigenvalue weighted by molar-refractivity contribution is 5.22. The maximum absolute atomic E-state index is 13.4. The van der Waals surface area contributed by atoms with Gasteiger partial charge in [0.15, 0.2) is 0 Å². The Morgan fingerprint density at radius 2 is 1.94 bits per heavy atom. The molecule has 0 aliphatic carbocycles. The molecule has 0 amide bonds. The maximum Gasteiger partial charge on any atom is 0.123 e. The molecule has 0 aromatic heterocycles. The smallest absolute Gasteiger partial charge is 0.123 e. The van der Waals surface area contributed by atoms with Crippen LogP contribution in [0.2, 0.25) is 0 Å². The molecule has 0 heterocycles. The van der Waals surface area contributed by atoms with Crippen molar-refractivity contribution in [1.29, 1.82) is 0 Å². The Labute approximate surface area is 110 Å². The van der Waals surface area contributed by atoms with Crippen molar-refractivity contribution in [2.24, 2.45) is 5.73 Å². The first-order chi connectivity index (χ1) is 8.51. The molecule has 0 aliphatic heterocycles. The first kappa shape index (κ1) is 15.1. The van der Waals surface area contributed by atoms with Crippen LogP contribution in [0.4, 0.5) is 4.39 Å². The summed E-state index contributed by atoms with van der Waals surface area (Å²) >= 11 is 0. The Hall–Kier alpha value is -0.930. The Balaban J connectivity index is 3.05. The largest absolute Gasteiger partial charge is 0.326 e. The van der Waals surface area contributed by atoms with Crippen LogP contribution < -0.4 is 5.73 Å². The number of rotatable bonds is 6. The summed E-state index contributed by atoms with van der Waals surface area (Å²) in [7, 11) is 2.07. The van der Waals surface area contributed by atoms with Gasteiger partial charge in [-0.25, -0.2) is 4.39 Å². The minimum absolute atomic E-state index is 0.0193. The minimum atomic E-state index is -0.196. The molecule has 0 radical (unpaired) electrons. The first-order valence-corrected chi connectivity index (χ1v) is 6.74. The van der Waals surface area contributed by atoms with Crippen molar-refractivity contribution in [3.8, 4) is 0 Å². The van der Waals surface area contributed by atoms with Crippen LogP contribution in [0.3, 0.4) is 0 Å². The molecule has 2 N–H and O–H groups in total. The van der Waals surface area contributed by atoms with Crippen molar-refractivity contribution in [2.45, 2.75) is 51.7 Å². The van der Waals surface area contributed by atoms with E-state index in [9.17, 15) is 4.39 Å². The van der Waals surface area contributed by atoms with Gasteiger partial charge in [0.2, 0.25) is 0 Å². The Morgan fingerprint density at radius 1 is 1.28 bits per heavy atom. The molecule has 2 nitrogen and oxygen atoms in total. The van der Waals surface area contributed by atoms with Gasteiger partial charge in [0.25, 0.3) is 0 Å². The number of hydrogen-bond acceptors (Lipinski definition) is 2. The van der Waals surface area contributed by atoms with E-state index in [1.807, 2.05) is 6.07 Å². The topological polar surface area (TPSA) is 29.3 Å². The van der Waals surface area contributed by atoms with Gasteiger partial charge >= 0.3 is 0 Å². The van der Waals surface area contributed by atoms with Crippen LogP contribution in [0.25, 0.3) is 0 Å². The average Bonchev–Trinajstić information content (AvgIpc) is 2.37. The third-order valence-electron chi connectivity index (χ3n) is 3.79. The molecule has 0 saturated carbocycles. The van der Waals surface area contributed by atoms with Gasteiger partial charge < -0.3 is 5.73 Å². The Kier molecular flexibility index (Phi) is 5.76. The maximum atomic E-state index is 13.4. The molecule has 1 aromatic rings. The summed E-state index contributed by atoms with van der Waals surface area (Å²) in [5, 5.41) is 0. The van der Waals surface area contributed by atoms with Gasteiger partial charge in [-0.2, -0.15) is 0 Å². The molecule has 18 heavy (non-hydrogen) atoms. The number of nitrogens with zero attached hydrogens (tertiary/aromatic N) is 1. The third-order valence-corrected chi connectivity index (χ3v) is 3.79. The quantitative estimate of drug-likeness (QED) is 0.841. The van der Waals surface area contributed by atoms with Gasteiger partial charge in [-0.05, 0) is 44.5 Å². The summed E-state index contributed by atoms with van der Waals surface area (Å²) in [6.45, 7) is 6.40. The van der Waals surface area contributed by atoms with Crippen molar-refractivity contribution >= 4 is 0 Å². The fourth-order valence-corrected chi connectivity index (χ4v) is 2.26. The zero-order chi connectivity index (χ0) is 13.7. The molecular formula is C15H25FN2. The highest BCUT2D eigenvalue weighted by Crippen LogP contribution is 2.26. The van der Waals surface area contributed by atoms with Gasteiger partial charge in [-0.15, -0.1) is 0 Å². The SMILES string of the molecule is CCC(N)C(c1cccc(F)c1)N(C)C(C)CC. The zero-order valence-corrected chi connectivity index (χ0v) is 11.9. The highest BCUT2D eigenvalue weighted by atomic mass is 19.1. The first-order valence-electron chi connectivity index (χ1n) is 6.74. The molecule has 3 unspecified atom stereocenters. The zero-order valence-electron chi connectivity index (χ0n) is 11.9. The minimum Gasteiger partial charge on any atom is -0.326 e. The van der Waals surface area contributed by atoms with Gasteiger partial charge in [-0.1, -0.05) is 26.0 Å². The number of halogens is 1. The van der Waals surface area contributed by atoms with Gasteiger partial charge in [0, 0.05) is 18.1 Å². The number of likely N-dealkylation sites (N-methyl/N-ethyl adjacent to an activating group) is 1. The summed E-state index contributed by atoms with van der Waals surface area (Å²) in [6, 6.07) is 7.30. The molecule has 0 fully saturated rings. The second kappa shape index (κ2) is 6.86. The lowest BCUT2D eigenvalue weighted by molar-refractivity contribution is 0.154. The van der Waals surface area contributed by atoms with E-state index in [0.29, 0.717) is 6.04 Å². The predicted octanol–water partition coefficient (Wildman–Crippen LogP) is 3.33. The fraction of sp³-hybridized carbons (Fsp3) is 0.600. The summed E-state index contributed by atoms with van der Waals surface area (Å²) in [6.07, 6.45) is 1.93. The van der Waals surface area contributed by atoms with Gasteiger partial charge in [0.05, 0.1) is 0 Å². The molecule has 1 rings (SSSR count). The average molecular weight is 252 g/mol. The summed E-state index contributed by atoms with van der Waals surface area (Å²) < 4.78 is 13.4. The monoisotopic (exact) mass is 252 g/mol. The molecule has 3 heteroatoms. The second-order valence-electron chi connectivity index (χ2n) is 4.99. The van der Waals surface area contributed by atoms with Crippen molar-refractivity contribution in [3.63, 3.8) is 0 Å². The predicted molar refractivity (Wildman–Crippen MR) is 74.9 cm³/mol. The lowest BCUT2D eigenvalue weighted by Gasteiger charge is -2.36. The van der Waals surface area contributed by atoms with E-state index in [0.717, 1.165) is 18.4 Å². The van der Waals surface area contributed by atoms with Gasteiger partial charge in [-0.3, -0.25) is 4.90 Å². The number of hydrogen-bond donors (Lipinski definition) is 1. The van der Waals surface area contributed by atoms with Crippen molar-refractivity contribution in [2.75, 3.05) is 7.05 Å². The normalized spacial score (nSPS) is 16.6. The summed E-state index contributed by atoms with van der Waals surface area (Å²) in [5.41, 5.74) is 7.19. The third kappa shape index (κ3) is 3.53. The molecule has 0 aliphatic rings. The van der Waals surface area contributed by atoms with E-state index >= 15 is 0 Å². The molecule has 3 atom stereocenters. The lowest BCUT2D eigenvalue weighted by Crippen LogP contribution is -2.42. The number of nitrogens with two attached hydrogens (primary N) is 1. The van der Waals surface area contributed by atoms with Crippen molar-refractivity contribution in [1.82, 2.24) is 4.90 Å². The van der Waals surface area contributed by atoms with Crippen molar-refractivity contribution in [3.05, 3.63) is 35.6 Å². The van der Waals surface area contributed by atoms with E-state index in [4.69, 9.17) is 5.73 Å². The van der Waals surface area contributed by atoms with Crippen LogP contribution >= 0.6 is 0 Å². The fourth-order valence-electron chi connectivity index (χ4n) is 2.26. The van der Waals surface area contributed by atoms with E-state index in [-0.39, 0.29) is 17.9 Å². The number of benzene rings is 1. The van der Waals surface area contributed by atoms with Gasteiger partial charge in [0.1, 0.15) is 5.82 Å². The summed E-state index contributed by atoms with van der Waals surface area (Å²) in [5.74, 6) is -0.196.